The zero-order valence-electron chi connectivity index (χ0n) is 5.07. The molecule has 0 radical (unpaired) electrons. The van der Waals surface area contributed by atoms with E-state index in [1.165, 1.54) is 18.2 Å². The molecule has 0 amide bonds. The molecule has 1 rings (SSSR count). The van der Waals surface area contributed by atoms with E-state index in [0.29, 0.717) is 0 Å². The van der Waals surface area contributed by atoms with E-state index in [9.17, 15) is 0 Å². The van der Waals surface area contributed by atoms with E-state index in [1.54, 1.807) is 0 Å². The van der Waals surface area contributed by atoms with Crippen molar-refractivity contribution in [3.05, 3.63) is 29.6 Å². The molecule has 0 aliphatic rings. The maximum absolute atomic E-state index is 8.82. The Labute approximate surface area is 58.0 Å². The molecule has 0 heterocycles. The second kappa shape index (κ2) is 2.28. The van der Waals surface area contributed by atoms with Crippen LogP contribution in [0, 0.1) is 6.57 Å². The highest BCUT2D eigenvalue weighted by Crippen LogP contribution is 2.25. The van der Waals surface area contributed by atoms with E-state index in [1.807, 2.05) is 0 Å². The Morgan fingerprint density at radius 2 is 1.60 bits per heavy atom. The Balaban J connectivity index is 3.22. The third kappa shape index (κ3) is 1.17. The van der Waals surface area contributed by atoms with Crippen LogP contribution in [-0.2, 0) is 0 Å². The van der Waals surface area contributed by atoms with Crippen LogP contribution in [-0.4, -0.2) is 10.2 Å². The fourth-order valence-corrected chi connectivity index (χ4v) is 0.644. The molecule has 50 valence electrons. The molecule has 0 unspecified atom stereocenters. The van der Waals surface area contributed by atoms with Crippen molar-refractivity contribution in [2.24, 2.45) is 0 Å². The fraction of sp³-hybridized carbons (Fsp3) is 0. The topological polar surface area (TPSA) is 44.8 Å². The van der Waals surface area contributed by atoms with Crippen molar-refractivity contribution in [1.82, 2.24) is 0 Å². The molecule has 0 saturated heterocycles. The van der Waals surface area contributed by atoms with Gasteiger partial charge in [-0.3, -0.25) is 0 Å². The van der Waals surface area contributed by atoms with Crippen LogP contribution >= 0.6 is 0 Å². The molecule has 2 N–H and O–H groups in total. The lowest BCUT2D eigenvalue weighted by molar-refractivity contribution is 0.451. The summed E-state index contributed by atoms with van der Waals surface area (Å²) in [4.78, 5) is 3.02. The van der Waals surface area contributed by atoms with Crippen molar-refractivity contribution in [1.29, 1.82) is 0 Å². The highest BCUT2D eigenvalue weighted by atomic mass is 16.3. The van der Waals surface area contributed by atoms with Crippen LogP contribution < -0.4 is 0 Å². The van der Waals surface area contributed by atoms with Gasteiger partial charge in [0.2, 0.25) is 0 Å². The zero-order chi connectivity index (χ0) is 7.56. The number of rotatable bonds is 0. The lowest BCUT2D eigenvalue weighted by Crippen LogP contribution is -1.64. The highest BCUT2D eigenvalue weighted by Gasteiger charge is 1.95. The summed E-state index contributed by atoms with van der Waals surface area (Å²) < 4.78 is 0. The molecule has 0 aliphatic heterocycles. The third-order valence-corrected chi connectivity index (χ3v) is 1.02. The minimum Gasteiger partial charge on any atom is -0.509 e. The first-order valence-electron chi connectivity index (χ1n) is 2.63. The molecule has 0 spiro atoms. The van der Waals surface area contributed by atoms with Crippen LogP contribution in [0.2, 0.25) is 0 Å². The number of phenols is 2. The fourth-order valence-electron chi connectivity index (χ4n) is 0.644. The Bertz CT molecular complexity index is 268. The van der Waals surface area contributed by atoms with E-state index in [2.05, 4.69) is 4.85 Å². The summed E-state index contributed by atoms with van der Waals surface area (Å²) in [6.45, 7) is 6.54. The van der Waals surface area contributed by atoms with Gasteiger partial charge in [-0.25, -0.2) is 4.85 Å². The van der Waals surface area contributed by atoms with E-state index < -0.39 is 0 Å². The number of hydrogen-bond acceptors (Lipinski definition) is 2. The van der Waals surface area contributed by atoms with Crippen LogP contribution in [0.25, 0.3) is 4.85 Å². The molecule has 10 heavy (non-hydrogen) atoms. The number of hydrogen-bond donors (Lipinski definition) is 2. The van der Waals surface area contributed by atoms with Crippen LogP contribution in [0.4, 0.5) is 5.69 Å². The molecule has 0 saturated carbocycles. The third-order valence-electron chi connectivity index (χ3n) is 1.02. The molecule has 1 aromatic carbocycles. The van der Waals surface area contributed by atoms with Gasteiger partial charge in [0, 0.05) is 6.07 Å². The normalized spacial score (nSPS) is 8.70. The molecule has 3 heteroatoms. The van der Waals surface area contributed by atoms with Gasteiger partial charge in [0.05, 0.1) is 6.57 Å². The monoisotopic (exact) mass is 135 g/mol. The van der Waals surface area contributed by atoms with Gasteiger partial charge in [0.25, 0.3) is 0 Å². The van der Waals surface area contributed by atoms with E-state index in [-0.39, 0.29) is 17.2 Å². The lowest BCUT2D eigenvalue weighted by atomic mass is 10.3. The maximum Gasteiger partial charge on any atom is 0.194 e. The van der Waals surface area contributed by atoms with Crippen molar-refractivity contribution < 1.29 is 10.2 Å². The molecule has 3 nitrogen and oxygen atoms in total. The molecule has 1 aromatic rings. The van der Waals surface area contributed by atoms with Crippen LogP contribution in [0.5, 0.6) is 11.5 Å². The smallest absolute Gasteiger partial charge is 0.194 e. The number of benzene rings is 1. The van der Waals surface area contributed by atoms with Crippen molar-refractivity contribution in [2.75, 3.05) is 0 Å². The number of nitrogens with zero attached hydrogens (tertiary/aromatic N) is 1. The average Bonchev–Trinajstić information content (AvgIpc) is 1.85. The molecule has 0 fully saturated rings. The molecular weight excluding hydrogens is 130 g/mol. The van der Waals surface area contributed by atoms with E-state index in [0.717, 1.165) is 0 Å². The molecular formula is C7H5NO2. The van der Waals surface area contributed by atoms with Gasteiger partial charge < -0.3 is 10.2 Å². The Morgan fingerprint density at radius 1 is 1.10 bits per heavy atom. The molecule has 0 atom stereocenters. The van der Waals surface area contributed by atoms with E-state index >= 15 is 0 Å². The van der Waals surface area contributed by atoms with Crippen molar-refractivity contribution in [3.8, 4) is 11.5 Å². The first kappa shape index (κ1) is 6.43. The van der Waals surface area contributed by atoms with Crippen molar-refractivity contribution in [2.45, 2.75) is 0 Å². The highest BCUT2D eigenvalue weighted by molar-refractivity contribution is 5.53. The van der Waals surface area contributed by atoms with Gasteiger partial charge >= 0.3 is 0 Å². The number of phenolic OH excluding ortho intramolecular Hbond substituents is 2. The summed E-state index contributed by atoms with van der Waals surface area (Å²) in [6.07, 6.45) is 0. The first-order valence-corrected chi connectivity index (χ1v) is 2.63. The summed E-state index contributed by atoms with van der Waals surface area (Å²) in [6, 6.07) is 3.74. The van der Waals surface area contributed by atoms with Gasteiger partial charge in [-0.15, -0.1) is 0 Å². The SMILES string of the molecule is [C-]#[N+]c1cc(O)cc(O)c1. The molecule has 0 aliphatic carbocycles. The summed E-state index contributed by atoms with van der Waals surface area (Å²) in [5, 5.41) is 17.6. The quantitative estimate of drug-likeness (QED) is 0.531. The summed E-state index contributed by atoms with van der Waals surface area (Å²) >= 11 is 0. The van der Waals surface area contributed by atoms with Crippen LogP contribution in [0.15, 0.2) is 18.2 Å². The Kier molecular flexibility index (Phi) is 1.46. The summed E-state index contributed by atoms with van der Waals surface area (Å²) in [5.41, 5.74) is 0.234. The maximum atomic E-state index is 8.82. The van der Waals surface area contributed by atoms with Crippen molar-refractivity contribution >= 4 is 5.69 Å². The zero-order valence-corrected chi connectivity index (χ0v) is 5.07. The van der Waals surface area contributed by atoms with Gasteiger partial charge in [-0.2, -0.15) is 0 Å². The number of aromatic hydroxyl groups is 2. The Hall–Kier alpha value is -1.69. The van der Waals surface area contributed by atoms with Gasteiger partial charge in [-0.1, -0.05) is 0 Å². The Morgan fingerprint density at radius 3 is 2.00 bits per heavy atom. The predicted molar refractivity (Wildman–Crippen MR) is 36.0 cm³/mol. The first-order chi connectivity index (χ1) is 4.72. The largest absolute Gasteiger partial charge is 0.509 e. The van der Waals surface area contributed by atoms with Gasteiger partial charge in [0.1, 0.15) is 11.5 Å². The second-order valence-electron chi connectivity index (χ2n) is 1.82. The lowest BCUT2D eigenvalue weighted by Gasteiger charge is -1.93. The van der Waals surface area contributed by atoms with Gasteiger partial charge in [-0.05, 0) is 12.1 Å². The van der Waals surface area contributed by atoms with Gasteiger partial charge in [0.15, 0.2) is 5.69 Å². The minimum absolute atomic E-state index is 0.0917. The van der Waals surface area contributed by atoms with Crippen molar-refractivity contribution in [3.63, 3.8) is 0 Å². The summed E-state index contributed by atoms with van der Waals surface area (Å²) in [5.74, 6) is -0.183. The van der Waals surface area contributed by atoms with Crippen LogP contribution in [0.1, 0.15) is 0 Å². The standard InChI is InChI=1S/C7H5NO2/c1-8-5-2-6(9)4-7(10)3-5/h2-4,9-10H. The predicted octanol–water partition coefficient (Wildman–Crippen LogP) is 1.65. The average molecular weight is 135 g/mol. The minimum atomic E-state index is -0.0917. The van der Waals surface area contributed by atoms with E-state index in [4.69, 9.17) is 16.8 Å². The van der Waals surface area contributed by atoms with Crippen LogP contribution in [0.3, 0.4) is 0 Å². The second-order valence-corrected chi connectivity index (χ2v) is 1.82. The molecule has 0 aromatic heterocycles. The molecule has 0 bridgehead atoms. The summed E-state index contributed by atoms with van der Waals surface area (Å²) in [7, 11) is 0.